The highest BCUT2D eigenvalue weighted by Gasteiger charge is 2.32. The monoisotopic (exact) mass is 418 g/mol. The van der Waals surface area contributed by atoms with Crippen LogP contribution < -0.4 is 0 Å². The van der Waals surface area contributed by atoms with Crippen LogP contribution in [0.5, 0.6) is 0 Å². The number of carboxylic acid groups (broad SMARTS) is 1. The highest BCUT2D eigenvalue weighted by atomic mass is 19.1. The van der Waals surface area contributed by atoms with Gasteiger partial charge in [0.05, 0.1) is 0 Å². The number of rotatable bonds is 6. The van der Waals surface area contributed by atoms with Gasteiger partial charge >= 0.3 is 5.97 Å². The van der Waals surface area contributed by atoms with E-state index in [1.165, 1.54) is 12.1 Å². The minimum Gasteiger partial charge on any atom is -0.476 e. The third kappa shape index (κ3) is 4.39. The first-order valence-electron chi connectivity index (χ1n) is 10.7. The molecule has 6 nitrogen and oxygen atoms in total. The summed E-state index contributed by atoms with van der Waals surface area (Å²) < 4.78 is 28.7. The molecule has 1 aromatic carbocycles. The molecule has 1 fully saturated rings. The predicted molar refractivity (Wildman–Crippen MR) is 108 cm³/mol. The fourth-order valence-electron chi connectivity index (χ4n) is 4.80. The number of carboxylic acids is 1. The number of hydrogen-bond donors (Lipinski definition) is 1. The van der Waals surface area contributed by atoms with E-state index in [4.69, 9.17) is 0 Å². The summed E-state index contributed by atoms with van der Waals surface area (Å²) in [4.78, 5) is 16.3. The van der Waals surface area contributed by atoms with Crippen LogP contribution in [0.1, 0.15) is 47.1 Å². The summed E-state index contributed by atoms with van der Waals surface area (Å²) in [6.07, 6.45) is 3.49. The fourth-order valence-corrected chi connectivity index (χ4v) is 4.80. The zero-order valence-corrected chi connectivity index (χ0v) is 17.3. The van der Waals surface area contributed by atoms with E-state index in [9.17, 15) is 18.7 Å². The van der Waals surface area contributed by atoms with Crippen molar-refractivity contribution in [3.8, 4) is 0 Å². The SMILES string of the molecule is CCCn1nc(C(=O)O)c2c1CC[C@@H](N1CCN(Cc3cc(F)cc(F)c3)CC1)C2. The lowest BCUT2D eigenvalue weighted by Gasteiger charge is -2.40. The Balaban J connectivity index is 1.39. The second-order valence-corrected chi connectivity index (χ2v) is 8.29. The maximum atomic E-state index is 13.4. The van der Waals surface area contributed by atoms with Gasteiger partial charge in [0.2, 0.25) is 0 Å². The molecule has 2 aliphatic rings. The van der Waals surface area contributed by atoms with Crippen LogP contribution in [0.25, 0.3) is 0 Å². The molecular formula is C22H28F2N4O2. The van der Waals surface area contributed by atoms with E-state index in [2.05, 4.69) is 21.8 Å². The van der Waals surface area contributed by atoms with Gasteiger partial charge in [0.25, 0.3) is 0 Å². The largest absolute Gasteiger partial charge is 0.476 e. The van der Waals surface area contributed by atoms with Gasteiger partial charge in [0.1, 0.15) is 11.6 Å². The van der Waals surface area contributed by atoms with Crippen LogP contribution in [0.4, 0.5) is 8.78 Å². The Hall–Kier alpha value is -2.32. The van der Waals surface area contributed by atoms with Gasteiger partial charge in [0.15, 0.2) is 5.69 Å². The number of carbonyl (C=O) groups is 1. The Bertz CT molecular complexity index is 902. The van der Waals surface area contributed by atoms with Crippen LogP contribution in [-0.4, -0.2) is 62.9 Å². The standard InChI is InChI=1S/C22H28F2N4O2/c1-2-5-28-20-4-3-18(13-19(20)21(25-28)22(29)30)27-8-6-26(7-9-27)14-15-10-16(23)12-17(24)11-15/h10-12,18H,2-9,13-14H2,1H3,(H,29,30)/t18-/m1/s1. The summed E-state index contributed by atoms with van der Waals surface area (Å²) in [5.41, 5.74) is 2.83. The number of halogens is 2. The molecule has 1 aliphatic heterocycles. The zero-order chi connectivity index (χ0) is 21.3. The molecule has 0 unspecified atom stereocenters. The lowest BCUT2D eigenvalue weighted by atomic mass is 9.90. The van der Waals surface area contributed by atoms with E-state index in [1.54, 1.807) is 0 Å². The number of aryl methyl sites for hydroxylation is 1. The van der Waals surface area contributed by atoms with Crippen molar-refractivity contribution in [1.29, 1.82) is 0 Å². The molecule has 1 aromatic heterocycles. The number of piperazine rings is 1. The zero-order valence-electron chi connectivity index (χ0n) is 17.3. The molecule has 0 radical (unpaired) electrons. The third-order valence-corrected chi connectivity index (χ3v) is 6.21. The molecule has 2 aromatic rings. The Morgan fingerprint density at radius 1 is 1.17 bits per heavy atom. The molecule has 162 valence electrons. The van der Waals surface area contributed by atoms with Crippen molar-refractivity contribution in [1.82, 2.24) is 19.6 Å². The van der Waals surface area contributed by atoms with Crippen LogP contribution in [0.2, 0.25) is 0 Å². The van der Waals surface area contributed by atoms with Gasteiger partial charge in [-0.15, -0.1) is 0 Å². The Morgan fingerprint density at radius 2 is 1.87 bits per heavy atom. The van der Waals surface area contributed by atoms with E-state index in [-0.39, 0.29) is 5.69 Å². The van der Waals surface area contributed by atoms with Crippen molar-refractivity contribution in [2.24, 2.45) is 0 Å². The second kappa shape index (κ2) is 8.81. The first kappa shape index (κ1) is 20.9. The number of fused-ring (bicyclic) bond motifs is 1. The maximum absolute atomic E-state index is 13.4. The van der Waals surface area contributed by atoms with Crippen molar-refractivity contribution >= 4 is 5.97 Å². The highest BCUT2D eigenvalue weighted by molar-refractivity contribution is 5.87. The van der Waals surface area contributed by atoms with Crippen LogP contribution in [-0.2, 0) is 25.9 Å². The molecule has 8 heteroatoms. The highest BCUT2D eigenvalue weighted by Crippen LogP contribution is 2.28. The molecule has 2 heterocycles. The molecule has 1 aliphatic carbocycles. The minimum atomic E-state index is -0.950. The Labute approximate surface area is 175 Å². The normalized spacial score (nSPS) is 20.3. The first-order chi connectivity index (χ1) is 14.4. The molecule has 0 bridgehead atoms. The van der Waals surface area contributed by atoms with Gasteiger partial charge in [-0.2, -0.15) is 5.10 Å². The van der Waals surface area contributed by atoms with E-state index in [0.29, 0.717) is 18.2 Å². The van der Waals surface area contributed by atoms with Gasteiger partial charge < -0.3 is 5.11 Å². The summed E-state index contributed by atoms with van der Waals surface area (Å²) >= 11 is 0. The topological polar surface area (TPSA) is 61.6 Å². The second-order valence-electron chi connectivity index (χ2n) is 8.29. The average molecular weight is 418 g/mol. The van der Waals surface area contributed by atoms with E-state index < -0.39 is 17.6 Å². The predicted octanol–water partition coefficient (Wildman–Crippen LogP) is 2.94. The average Bonchev–Trinajstić information content (AvgIpc) is 3.06. The third-order valence-electron chi connectivity index (χ3n) is 6.21. The quantitative estimate of drug-likeness (QED) is 0.782. The van der Waals surface area contributed by atoms with Gasteiger partial charge in [-0.05, 0) is 43.4 Å². The van der Waals surface area contributed by atoms with Crippen molar-refractivity contribution in [3.63, 3.8) is 0 Å². The Kier molecular flexibility index (Phi) is 6.15. The van der Waals surface area contributed by atoms with Crippen molar-refractivity contribution in [2.75, 3.05) is 26.2 Å². The van der Waals surface area contributed by atoms with E-state index in [0.717, 1.165) is 75.7 Å². The van der Waals surface area contributed by atoms with Gasteiger partial charge in [-0.1, -0.05) is 6.92 Å². The van der Waals surface area contributed by atoms with Crippen LogP contribution in [0.15, 0.2) is 18.2 Å². The number of nitrogens with zero attached hydrogens (tertiary/aromatic N) is 4. The maximum Gasteiger partial charge on any atom is 0.356 e. The molecular weight excluding hydrogens is 390 g/mol. The molecule has 1 saturated heterocycles. The number of hydrogen-bond acceptors (Lipinski definition) is 4. The smallest absolute Gasteiger partial charge is 0.356 e. The molecule has 0 saturated carbocycles. The van der Waals surface area contributed by atoms with Crippen molar-refractivity contribution in [2.45, 2.75) is 51.7 Å². The number of aromatic carboxylic acids is 1. The van der Waals surface area contributed by atoms with E-state index in [1.807, 2.05) is 4.68 Å². The van der Waals surface area contributed by atoms with E-state index >= 15 is 0 Å². The minimum absolute atomic E-state index is 0.204. The first-order valence-corrected chi connectivity index (χ1v) is 10.7. The summed E-state index contributed by atoms with van der Waals surface area (Å²) in [6, 6.07) is 3.98. The van der Waals surface area contributed by atoms with Gasteiger partial charge in [-0.25, -0.2) is 13.6 Å². The molecule has 4 rings (SSSR count). The molecule has 30 heavy (non-hydrogen) atoms. The molecule has 0 amide bonds. The molecule has 1 atom stereocenters. The van der Waals surface area contributed by atoms with Gasteiger partial charge in [0, 0.05) is 62.6 Å². The van der Waals surface area contributed by atoms with Crippen molar-refractivity contribution < 1.29 is 18.7 Å². The van der Waals surface area contributed by atoms with Crippen LogP contribution >= 0.6 is 0 Å². The van der Waals surface area contributed by atoms with Crippen molar-refractivity contribution in [3.05, 3.63) is 52.3 Å². The summed E-state index contributed by atoms with van der Waals surface area (Å²) in [7, 11) is 0. The summed E-state index contributed by atoms with van der Waals surface area (Å²) in [6.45, 7) is 6.72. The fraction of sp³-hybridized carbons (Fsp3) is 0.545. The lowest BCUT2D eigenvalue weighted by Crippen LogP contribution is -2.51. The summed E-state index contributed by atoms with van der Waals surface area (Å²) in [5.74, 6) is -2.03. The van der Waals surface area contributed by atoms with Crippen LogP contribution in [0, 0.1) is 11.6 Å². The number of aromatic nitrogens is 2. The summed E-state index contributed by atoms with van der Waals surface area (Å²) in [5, 5.41) is 13.9. The van der Waals surface area contributed by atoms with Crippen LogP contribution in [0.3, 0.4) is 0 Å². The number of benzene rings is 1. The lowest BCUT2D eigenvalue weighted by molar-refractivity contribution is 0.0684. The molecule has 0 spiro atoms. The van der Waals surface area contributed by atoms with Gasteiger partial charge in [-0.3, -0.25) is 14.5 Å². The Morgan fingerprint density at radius 3 is 2.50 bits per heavy atom. The molecule has 1 N–H and O–H groups in total.